The van der Waals surface area contributed by atoms with E-state index >= 15 is 0 Å². The van der Waals surface area contributed by atoms with Crippen molar-refractivity contribution in [3.63, 3.8) is 0 Å². The summed E-state index contributed by atoms with van der Waals surface area (Å²) in [4.78, 5) is 12.3. The number of anilines is 2. The molecule has 3 aromatic rings. The Morgan fingerprint density at radius 2 is 1.76 bits per heavy atom. The van der Waals surface area contributed by atoms with Gasteiger partial charge in [0.2, 0.25) is 5.13 Å². The van der Waals surface area contributed by atoms with Crippen molar-refractivity contribution in [1.82, 2.24) is 10.2 Å². The van der Waals surface area contributed by atoms with Crippen LogP contribution >= 0.6 is 11.3 Å². The topological polar surface area (TPSA) is 101 Å². The molecule has 0 saturated heterocycles. The number of nitrogens with zero attached hydrogens (tertiary/aromatic N) is 2. The molecule has 148 valence electrons. The van der Waals surface area contributed by atoms with Crippen molar-refractivity contribution in [2.24, 2.45) is 0 Å². The second kappa shape index (κ2) is 8.14. The number of benzene rings is 2. The van der Waals surface area contributed by atoms with Crippen LogP contribution in [0.3, 0.4) is 0 Å². The van der Waals surface area contributed by atoms with Crippen LogP contribution in [0.1, 0.15) is 39.7 Å². The molecule has 1 saturated carbocycles. The van der Waals surface area contributed by atoms with E-state index in [1.54, 1.807) is 24.3 Å². The van der Waals surface area contributed by atoms with E-state index in [1.807, 2.05) is 30.3 Å². The van der Waals surface area contributed by atoms with Crippen LogP contribution < -0.4 is 10.0 Å². The van der Waals surface area contributed by atoms with Crippen LogP contribution in [0.5, 0.6) is 0 Å². The average Bonchev–Trinajstić information content (AvgIpc) is 3.47. The Morgan fingerprint density at radius 3 is 2.45 bits per heavy atom. The fourth-order valence-electron chi connectivity index (χ4n) is 2.57. The molecule has 4 rings (SSSR count). The van der Waals surface area contributed by atoms with E-state index in [0.29, 0.717) is 22.3 Å². The summed E-state index contributed by atoms with van der Waals surface area (Å²) >= 11 is 1.39. The van der Waals surface area contributed by atoms with Crippen molar-refractivity contribution in [3.05, 3.63) is 76.1 Å². The highest BCUT2D eigenvalue weighted by atomic mass is 32.2. The number of sulfonamides is 1. The summed E-state index contributed by atoms with van der Waals surface area (Å²) in [6.07, 6.45) is 3.77. The number of rotatable bonds is 7. The number of nitrogens with one attached hydrogen (secondary N) is 2. The van der Waals surface area contributed by atoms with Gasteiger partial charge in [0.15, 0.2) is 0 Å². The quantitative estimate of drug-likeness (QED) is 0.593. The predicted molar refractivity (Wildman–Crippen MR) is 114 cm³/mol. The van der Waals surface area contributed by atoms with E-state index in [4.69, 9.17) is 0 Å². The molecule has 9 heteroatoms. The molecule has 1 fully saturated rings. The Morgan fingerprint density at radius 1 is 1.03 bits per heavy atom. The third-order valence-corrected chi connectivity index (χ3v) is 6.25. The lowest BCUT2D eigenvalue weighted by Crippen LogP contribution is -2.12. The maximum atomic E-state index is 12.3. The van der Waals surface area contributed by atoms with Crippen molar-refractivity contribution in [2.75, 3.05) is 10.0 Å². The van der Waals surface area contributed by atoms with Crippen molar-refractivity contribution in [2.45, 2.75) is 18.8 Å². The Balaban J connectivity index is 1.37. The fourth-order valence-corrected chi connectivity index (χ4v) is 4.35. The maximum absolute atomic E-state index is 12.3. The third-order valence-electron chi connectivity index (χ3n) is 4.23. The second-order valence-corrected chi connectivity index (χ2v) is 9.19. The van der Waals surface area contributed by atoms with Gasteiger partial charge in [0, 0.05) is 17.2 Å². The van der Waals surface area contributed by atoms with Crippen LogP contribution in [-0.2, 0) is 10.0 Å². The van der Waals surface area contributed by atoms with E-state index < -0.39 is 10.0 Å². The molecule has 1 amide bonds. The van der Waals surface area contributed by atoms with Gasteiger partial charge in [0.1, 0.15) is 5.01 Å². The normalized spacial score (nSPS) is 14.1. The van der Waals surface area contributed by atoms with Crippen LogP contribution in [0.25, 0.3) is 6.08 Å². The summed E-state index contributed by atoms with van der Waals surface area (Å²) < 4.78 is 26.9. The SMILES string of the molecule is O=C(Nc1nnc(C2CC2)s1)c1ccc(NS(=O)(=O)/C=C/c2ccccc2)cc1. The van der Waals surface area contributed by atoms with Crippen LogP contribution in [0.4, 0.5) is 10.8 Å². The monoisotopic (exact) mass is 426 g/mol. The lowest BCUT2D eigenvalue weighted by molar-refractivity contribution is 0.102. The molecular weight excluding hydrogens is 408 g/mol. The molecule has 2 N–H and O–H groups in total. The molecular formula is C20H18N4O3S2. The van der Waals surface area contributed by atoms with Gasteiger partial charge < -0.3 is 0 Å². The minimum absolute atomic E-state index is 0.318. The van der Waals surface area contributed by atoms with Crippen LogP contribution in [0.2, 0.25) is 0 Å². The number of hydrogen-bond donors (Lipinski definition) is 2. The second-order valence-electron chi connectivity index (χ2n) is 6.61. The summed E-state index contributed by atoms with van der Waals surface area (Å²) in [5.74, 6) is 0.170. The van der Waals surface area contributed by atoms with E-state index in [-0.39, 0.29) is 5.91 Å². The van der Waals surface area contributed by atoms with E-state index in [9.17, 15) is 13.2 Å². The number of hydrogen-bond acceptors (Lipinski definition) is 6. The van der Waals surface area contributed by atoms with E-state index in [2.05, 4.69) is 20.2 Å². The van der Waals surface area contributed by atoms with Gasteiger partial charge in [-0.1, -0.05) is 41.7 Å². The number of amides is 1. The van der Waals surface area contributed by atoms with Crippen LogP contribution in [0.15, 0.2) is 60.0 Å². The Hall–Kier alpha value is -3.04. The largest absolute Gasteiger partial charge is 0.296 e. The number of aromatic nitrogens is 2. The number of carbonyl (C=O) groups excluding carboxylic acids is 1. The van der Waals surface area contributed by atoms with E-state index in [0.717, 1.165) is 28.8 Å². The lowest BCUT2D eigenvalue weighted by atomic mass is 10.2. The molecule has 0 radical (unpaired) electrons. The highest BCUT2D eigenvalue weighted by Crippen LogP contribution is 2.42. The molecule has 1 aromatic heterocycles. The molecule has 0 spiro atoms. The standard InChI is InChI=1S/C20H18N4O3S2/c25-18(21-20-23-22-19(28-20)16-6-7-16)15-8-10-17(11-9-15)24-29(26,27)13-12-14-4-2-1-3-5-14/h1-5,8-13,16,24H,6-7H2,(H,21,23,25)/b13-12+. The van der Waals surface area contributed by atoms with Gasteiger partial charge >= 0.3 is 0 Å². The Labute approximate surface area is 172 Å². The van der Waals surface area contributed by atoms with E-state index in [1.165, 1.54) is 17.4 Å². The summed E-state index contributed by atoms with van der Waals surface area (Å²) in [6.45, 7) is 0. The smallest absolute Gasteiger partial charge is 0.257 e. The minimum atomic E-state index is -3.66. The first-order chi connectivity index (χ1) is 14.0. The Kier molecular flexibility index (Phi) is 5.41. The van der Waals surface area contributed by atoms with Crippen molar-refractivity contribution >= 4 is 44.2 Å². The summed E-state index contributed by atoms with van der Waals surface area (Å²) in [5, 5.41) is 13.3. The molecule has 0 atom stereocenters. The van der Waals surface area contributed by atoms with Crippen LogP contribution in [0, 0.1) is 0 Å². The summed E-state index contributed by atoms with van der Waals surface area (Å²) in [7, 11) is -3.66. The van der Waals surface area contributed by atoms with Gasteiger partial charge in [-0.3, -0.25) is 14.8 Å². The molecule has 0 unspecified atom stereocenters. The first kappa shape index (κ1) is 19.3. The summed E-state index contributed by atoms with van der Waals surface area (Å²) in [5.41, 5.74) is 1.55. The maximum Gasteiger partial charge on any atom is 0.257 e. The highest BCUT2D eigenvalue weighted by molar-refractivity contribution is 7.95. The molecule has 0 aliphatic heterocycles. The summed E-state index contributed by atoms with van der Waals surface area (Å²) in [6, 6.07) is 15.3. The minimum Gasteiger partial charge on any atom is -0.296 e. The first-order valence-electron chi connectivity index (χ1n) is 8.99. The Bertz CT molecular complexity index is 1140. The number of carbonyl (C=O) groups is 1. The van der Waals surface area contributed by atoms with Crippen molar-refractivity contribution in [1.29, 1.82) is 0 Å². The van der Waals surface area contributed by atoms with Gasteiger partial charge in [-0.2, -0.15) is 0 Å². The molecule has 7 nitrogen and oxygen atoms in total. The predicted octanol–water partition coefficient (Wildman–Crippen LogP) is 4.08. The molecule has 1 heterocycles. The average molecular weight is 427 g/mol. The van der Waals surface area contributed by atoms with Crippen molar-refractivity contribution in [3.8, 4) is 0 Å². The first-order valence-corrected chi connectivity index (χ1v) is 11.4. The zero-order valence-electron chi connectivity index (χ0n) is 15.3. The van der Waals surface area contributed by atoms with Crippen molar-refractivity contribution < 1.29 is 13.2 Å². The highest BCUT2D eigenvalue weighted by Gasteiger charge is 2.27. The molecule has 29 heavy (non-hydrogen) atoms. The van der Waals surface area contributed by atoms with Gasteiger partial charge in [-0.05, 0) is 48.7 Å². The molecule has 2 aromatic carbocycles. The zero-order chi connectivity index (χ0) is 20.3. The third kappa shape index (κ3) is 5.27. The van der Waals surface area contributed by atoms with Crippen LogP contribution in [-0.4, -0.2) is 24.5 Å². The molecule has 1 aliphatic carbocycles. The lowest BCUT2D eigenvalue weighted by Gasteiger charge is -2.06. The van der Waals surface area contributed by atoms with Gasteiger partial charge in [0.25, 0.3) is 15.9 Å². The van der Waals surface area contributed by atoms with Gasteiger partial charge in [-0.25, -0.2) is 8.42 Å². The van der Waals surface area contributed by atoms with Gasteiger partial charge in [-0.15, -0.1) is 10.2 Å². The molecule has 1 aliphatic rings. The molecule has 0 bridgehead atoms. The zero-order valence-corrected chi connectivity index (χ0v) is 16.9. The van der Waals surface area contributed by atoms with Gasteiger partial charge in [0.05, 0.1) is 5.41 Å². The fraction of sp³-hybridized carbons (Fsp3) is 0.150.